The molecule has 0 atom stereocenters. The van der Waals surface area contributed by atoms with Gasteiger partial charge in [-0.1, -0.05) is 12.1 Å². The van der Waals surface area contributed by atoms with Crippen molar-refractivity contribution >= 4 is 17.2 Å². The summed E-state index contributed by atoms with van der Waals surface area (Å²) in [7, 11) is 1.64. The van der Waals surface area contributed by atoms with E-state index in [1.165, 1.54) is 6.20 Å². The molecule has 0 spiro atoms. The second-order valence-corrected chi connectivity index (χ2v) is 6.46. The number of ether oxygens (including phenoxy) is 1. The molecule has 0 radical (unpaired) electrons. The standard InChI is InChI=1S/C20H20N6O2/c1-13-18(23-20(27)17-11-22-25-9-5-8-21-19(17)25)14(2)26(24-13)12-15-6-4-7-16(10-15)28-3/h4-11H,12H2,1-3H3,(H,23,27). The quantitative estimate of drug-likeness (QED) is 0.579. The maximum atomic E-state index is 12.8. The van der Waals surface area contributed by atoms with Crippen LogP contribution in [0.25, 0.3) is 5.65 Å². The van der Waals surface area contributed by atoms with E-state index in [-0.39, 0.29) is 5.91 Å². The van der Waals surface area contributed by atoms with Crippen molar-refractivity contribution < 1.29 is 9.53 Å². The number of carbonyl (C=O) groups is 1. The number of anilines is 1. The number of benzene rings is 1. The van der Waals surface area contributed by atoms with Crippen LogP contribution in [0, 0.1) is 13.8 Å². The van der Waals surface area contributed by atoms with Crippen LogP contribution < -0.4 is 10.1 Å². The third-order valence-electron chi connectivity index (χ3n) is 4.61. The number of nitrogens with zero attached hydrogens (tertiary/aromatic N) is 5. The molecule has 4 aromatic rings. The van der Waals surface area contributed by atoms with Crippen molar-refractivity contribution in [2.75, 3.05) is 12.4 Å². The minimum absolute atomic E-state index is 0.263. The zero-order valence-electron chi connectivity index (χ0n) is 15.9. The summed E-state index contributed by atoms with van der Waals surface area (Å²) >= 11 is 0. The number of hydrogen-bond acceptors (Lipinski definition) is 5. The molecule has 28 heavy (non-hydrogen) atoms. The second kappa shape index (κ2) is 7.15. The van der Waals surface area contributed by atoms with E-state index in [1.807, 2.05) is 42.8 Å². The van der Waals surface area contributed by atoms with Crippen LogP contribution in [0.4, 0.5) is 5.69 Å². The molecule has 0 saturated carbocycles. The van der Waals surface area contributed by atoms with Crippen LogP contribution in [-0.2, 0) is 6.54 Å². The summed E-state index contributed by atoms with van der Waals surface area (Å²) in [5.41, 5.74) is 4.31. The highest BCUT2D eigenvalue weighted by Gasteiger charge is 2.18. The normalized spacial score (nSPS) is 11.0. The van der Waals surface area contributed by atoms with E-state index < -0.39 is 0 Å². The van der Waals surface area contributed by atoms with Crippen LogP contribution in [-0.4, -0.2) is 37.4 Å². The van der Waals surface area contributed by atoms with Gasteiger partial charge in [0, 0.05) is 12.4 Å². The fourth-order valence-electron chi connectivity index (χ4n) is 3.14. The Balaban J connectivity index is 1.59. The fourth-order valence-corrected chi connectivity index (χ4v) is 3.14. The molecule has 1 N–H and O–H groups in total. The van der Waals surface area contributed by atoms with Crippen LogP contribution in [0.1, 0.15) is 27.3 Å². The molecule has 0 aliphatic carbocycles. The Morgan fingerprint density at radius 2 is 2.11 bits per heavy atom. The molecule has 3 aromatic heterocycles. The number of aryl methyl sites for hydroxylation is 1. The summed E-state index contributed by atoms with van der Waals surface area (Å²) in [6.45, 7) is 4.39. The van der Waals surface area contributed by atoms with Crippen molar-refractivity contribution in [1.82, 2.24) is 24.4 Å². The predicted octanol–water partition coefficient (Wildman–Crippen LogP) is 2.85. The SMILES string of the molecule is COc1cccc(Cn2nc(C)c(NC(=O)c3cnn4cccnc34)c2C)c1. The van der Waals surface area contributed by atoms with Crippen molar-refractivity contribution in [3.8, 4) is 5.75 Å². The monoisotopic (exact) mass is 376 g/mol. The van der Waals surface area contributed by atoms with Gasteiger partial charge in [0.2, 0.25) is 0 Å². The molecular formula is C20H20N6O2. The minimum atomic E-state index is -0.263. The molecule has 142 valence electrons. The summed E-state index contributed by atoms with van der Waals surface area (Å²) in [4.78, 5) is 17.0. The Labute approximate surface area is 161 Å². The summed E-state index contributed by atoms with van der Waals surface area (Å²) in [5, 5.41) is 11.7. The van der Waals surface area contributed by atoms with Gasteiger partial charge in [0.1, 0.15) is 11.3 Å². The lowest BCUT2D eigenvalue weighted by Crippen LogP contribution is -2.13. The summed E-state index contributed by atoms with van der Waals surface area (Å²) < 4.78 is 8.72. The zero-order valence-corrected chi connectivity index (χ0v) is 15.9. The molecule has 0 fully saturated rings. The summed E-state index contributed by atoms with van der Waals surface area (Å²) in [6.07, 6.45) is 4.90. The fraction of sp³-hybridized carbons (Fsp3) is 0.200. The first-order valence-electron chi connectivity index (χ1n) is 8.83. The van der Waals surface area contributed by atoms with Crippen molar-refractivity contribution in [3.63, 3.8) is 0 Å². The smallest absolute Gasteiger partial charge is 0.261 e. The van der Waals surface area contributed by atoms with Gasteiger partial charge in [0.25, 0.3) is 5.91 Å². The summed E-state index contributed by atoms with van der Waals surface area (Å²) in [5.74, 6) is 0.536. The molecular weight excluding hydrogens is 356 g/mol. The molecule has 0 bridgehead atoms. The highest BCUT2D eigenvalue weighted by atomic mass is 16.5. The van der Waals surface area contributed by atoms with Gasteiger partial charge >= 0.3 is 0 Å². The van der Waals surface area contributed by atoms with Gasteiger partial charge in [-0.3, -0.25) is 9.48 Å². The van der Waals surface area contributed by atoms with Crippen LogP contribution in [0.5, 0.6) is 5.75 Å². The number of carbonyl (C=O) groups excluding carboxylic acids is 1. The number of amides is 1. The van der Waals surface area contributed by atoms with E-state index in [0.717, 1.165) is 22.7 Å². The van der Waals surface area contributed by atoms with Crippen molar-refractivity contribution in [1.29, 1.82) is 0 Å². The van der Waals surface area contributed by atoms with Gasteiger partial charge < -0.3 is 10.1 Å². The number of hydrogen-bond donors (Lipinski definition) is 1. The molecule has 8 nitrogen and oxygen atoms in total. The molecule has 8 heteroatoms. The van der Waals surface area contributed by atoms with Crippen LogP contribution in [0.2, 0.25) is 0 Å². The lowest BCUT2D eigenvalue weighted by atomic mass is 10.2. The summed E-state index contributed by atoms with van der Waals surface area (Å²) in [6, 6.07) is 9.60. The number of nitrogens with one attached hydrogen (secondary N) is 1. The Bertz CT molecular complexity index is 1160. The van der Waals surface area contributed by atoms with Gasteiger partial charge in [-0.15, -0.1) is 0 Å². The van der Waals surface area contributed by atoms with E-state index in [1.54, 1.807) is 30.1 Å². The predicted molar refractivity (Wildman–Crippen MR) is 105 cm³/mol. The average Bonchev–Trinajstić information content (AvgIpc) is 3.25. The lowest BCUT2D eigenvalue weighted by molar-refractivity contribution is 0.102. The van der Waals surface area contributed by atoms with E-state index in [9.17, 15) is 4.79 Å². The molecule has 1 amide bonds. The first kappa shape index (κ1) is 17.7. The molecule has 3 heterocycles. The molecule has 0 unspecified atom stereocenters. The first-order chi connectivity index (χ1) is 13.6. The Morgan fingerprint density at radius 3 is 2.93 bits per heavy atom. The van der Waals surface area contributed by atoms with Gasteiger partial charge in [-0.2, -0.15) is 10.2 Å². The van der Waals surface area contributed by atoms with Gasteiger partial charge in [0.15, 0.2) is 5.65 Å². The number of rotatable bonds is 5. The van der Waals surface area contributed by atoms with Crippen molar-refractivity contribution in [2.45, 2.75) is 20.4 Å². The van der Waals surface area contributed by atoms with Gasteiger partial charge in [-0.25, -0.2) is 9.50 Å². The van der Waals surface area contributed by atoms with E-state index >= 15 is 0 Å². The van der Waals surface area contributed by atoms with E-state index in [0.29, 0.717) is 23.4 Å². The lowest BCUT2D eigenvalue weighted by Gasteiger charge is -2.08. The largest absolute Gasteiger partial charge is 0.497 e. The minimum Gasteiger partial charge on any atom is -0.497 e. The average molecular weight is 376 g/mol. The number of fused-ring (bicyclic) bond motifs is 1. The van der Waals surface area contributed by atoms with Crippen LogP contribution in [0.3, 0.4) is 0 Å². The molecule has 0 aliphatic rings. The number of aromatic nitrogens is 5. The highest BCUT2D eigenvalue weighted by molar-refractivity contribution is 6.08. The molecule has 4 rings (SSSR count). The highest BCUT2D eigenvalue weighted by Crippen LogP contribution is 2.23. The van der Waals surface area contributed by atoms with Gasteiger partial charge in [-0.05, 0) is 37.6 Å². The molecule has 0 saturated heterocycles. The third kappa shape index (κ3) is 3.20. The van der Waals surface area contributed by atoms with Crippen molar-refractivity contribution in [2.24, 2.45) is 0 Å². The van der Waals surface area contributed by atoms with Crippen molar-refractivity contribution in [3.05, 3.63) is 71.4 Å². The van der Waals surface area contributed by atoms with E-state index in [2.05, 4.69) is 20.5 Å². The first-order valence-corrected chi connectivity index (χ1v) is 8.83. The van der Waals surface area contributed by atoms with E-state index in [4.69, 9.17) is 4.74 Å². The Morgan fingerprint density at radius 1 is 1.25 bits per heavy atom. The maximum absolute atomic E-state index is 12.8. The zero-order chi connectivity index (χ0) is 19.7. The Hall–Kier alpha value is -3.68. The van der Waals surface area contributed by atoms with Crippen LogP contribution >= 0.6 is 0 Å². The maximum Gasteiger partial charge on any atom is 0.261 e. The molecule has 1 aromatic carbocycles. The van der Waals surface area contributed by atoms with Gasteiger partial charge in [0.05, 0.1) is 36.9 Å². The Kier molecular flexibility index (Phi) is 4.52. The van der Waals surface area contributed by atoms with Crippen LogP contribution in [0.15, 0.2) is 48.9 Å². The number of methoxy groups -OCH3 is 1. The second-order valence-electron chi connectivity index (χ2n) is 6.46. The third-order valence-corrected chi connectivity index (χ3v) is 4.61. The topological polar surface area (TPSA) is 86.3 Å². The molecule has 0 aliphatic heterocycles.